The first-order valence-corrected chi connectivity index (χ1v) is 6.16. The predicted octanol–water partition coefficient (Wildman–Crippen LogP) is 1.94. The van der Waals surface area contributed by atoms with Crippen LogP contribution in [0.3, 0.4) is 0 Å². The van der Waals surface area contributed by atoms with Gasteiger partial charge in [0.25, 0.3) is 0 Å². The minimum atomic E-state index is -0.191. The summed E-state index contributed by atoms with van der Waals surface area (Å²) in [6.07, 6.45) is 4.96. The lowest BCUT2D eigenvalue weighted by Gasteiger charge is -2.08. The van der Waals surface area contributed by atoms with Crippen LogP contribution in [0.1, 0.15) is 32.8 Å². The Morgan fingerprint density at radius 1 is 1.53 bits per heavy atom. The summed E-state index contributed by atoms with van der Waals surface area (Å²) < 4.78 is 6.94. The van der Waals surface area contributed by atoms with Gasteiger partial charge in [-0.3, -0.25) is 4.79 Å². The molecule has 1 aromatic heterocycles. The predicted molar refractivity (Wildman–Crippen MR) is 67.7 cm³/mol. The number of carbonyl (C=O) groups excluding carboxylic acids is 1. The Kier molecular flexibility index (Phi) is 5.77. The minimum Gasteiger partial charge on any atom is -0.462 e. The van der Waals surface area contributed by atoms with Crippen LogP contribution in [0, 0.1) is 0 Å². The van der Waals surface area contributed by atoms with E-state index >= 15 is 0 Å². The molecule has 0 aliphatic carbocycles. The zero-order valence-corrected chi connectivity index (χ0v) is 10.9. The highest BCUT2D eigenvalue weighted by Gasteiger charge is 2.06. The van der Waals surface area contributed by atoms with Crippen LogP contribution in [-0.4, -0.2) is 23.2 Å². The standard InChI is InChI=1S/C13H22N2O2/c1-4-6-14-8-12-5-7-15(9-12)10-13(16)17-11(2)3/h5,7,9,11,14H,4,6,8,10H2,1-3H3. The van der Waals surface area contributed by atoms with E-state index in [1.165, 1.54) is 5.56 Å². The molecule has 4 heteroatoms. The molecule has 1 N–H and O–H groups in total. The number of ether oxygens (including phenoxy) is 1. The third kappa shape index (κ3) is 5.54. The third-order valence-corrected chi connectivity index (χ3v) is 2.25. The highest BCUT2D eigenvalue weighted by atomic mass is 16.5. The molecule has 1 heterocycles. The molecular weight excluding hydrogens is 216 g/mol. The normalized spacial score (nSPS) is 10.8. The Morgan fingerprint density at radius 2 is 2.29 bits per heavy atom. The first-order valence-electron chi connectivity index (χ1n) is 6.16. The Morgan fingerprint density at radius 3 is 2.94 bits per heavy atom. The average Bonchev–Trinajstić information content (AvgIpc) is 2.64. The van der Waals surface area contributed by atoms with Gasteiger partial charge in [-0.1, -0.05) is 6.92 Å². The van der Waals surface area contributed by atoms with Crippen molar-refractivity contribution >= 4 is 5.97 Å². The zero-order chi connectivity index (χ0) is 12.7. The van der Waals surface area contributed by atoms with Gasteiger partial charge in [-0.05, 0) is 38.4 Å². The van der Waals surface area contributed by atoms with Crippen LogP contribution in [0.25, 0.3) is 0 Å². The zero-order valence-electron chi connectivity index (χ0n) is 10.9. The number of carbonyl (C=O) groups is 1. The Hall–Kier alpha value is -1.29. The Balaban J connectivity index is 2.37. The van der Waals surface area contributed by atoms with Crippen LogP contribution in [0.15, 0.2) is 18.5 Å². The van der Waals surface area contributed by atoms with E-state index in [1.807, 2.05) is 36.9 Å². The van der Waals surface area contributed by atoms with Gasteiger partial charge < -0.3 is 14.6 Å². The molecule has 0 radical (unpaired) electrons. The number of hydrogen-bond donors (Lipinski definition) is 1. The lowest BCUT2D eigenvalue weighted by atomic mass is 10.3. The van der Waals surface area contributed by atoms with Gasteiger partial charge in [0.2, 0.25) is 0 Å². The molecule has 0 fully saturated rings. The van der Waals surface area contributed by atoms with Crippen molar-refractivity contribution < 1.29 is 9.53 Å². The molecule has 4 nitrogen and oxygen atoms in total. The lowest BCUT2D eigenvalue weighted by molar-refractivity contribution is -0.148. The molecule has 0 spiro atoms. The Labute approximate surface area is 103 Å². The number of esters is 1. The van der Waals surface area contributed by atoms with E-state index in [0.29, 0.717) is 0 Å². The smallest absolute Gasteiger partial charge is 0.326 e. The van der Waals surface area contributed by atoms with Crippen LogP contribution in [-0.2, 0) is 22.6 Å². The van der Waals surface area contributed by atoms with Gasteiger partial charge in [0.05, 0.1) is 6.10 Å². The molecule has 0 saturated heterocycles. The van der Waals surface area contributed by atoms with E-state index in [2.05, 4.69) is 12.2 Å². The van der Waals surface area contributed by atoms with Gasteiger partial charge in [-0.15, -0.1) is 0 Å². The molecule has 17 heavy (non-hydrogen) atoms. The maximum atomic E-state index is 11.4. The van der Waals surface area contributed by atoms with Crippen molar-refractivity contribution in [2.24, 2.45) is 0 Å². The minimum absolute atomic E-state index is 0.0521. The molecule has 1 rings (SSSR count). The maximum Gasteiger partial charge on any atom is 0.326 e. The largest absolute Gasteiger partial charge is 0.462 e. The highest BCUT2D eigenvalue weighted by molar-refractivity contribution is 5.69. The SMILES string of the molecule is CCCNCc1ccn(CC(=O)OC(C)C)c1. The van der Waals surface area contributed by atoms with E-state index in [-0.39, 0.29) is 18.6 Å². The second-order valence-corrected chi connectivity index (χ2v) is 4.41. The molecule has 1 aromatic rings. The van der Waals surface area contributed by atoms with Crippen LogP contribution in [0.2, 0.25) is 0 Å². The van der Waals surface area contributed by atoms with Crippen LogP contribution >= 0.6 is 0 Å². The topological polar surface area (TPSA) is 43.3 Å². The van der Waals surface area contributed by atoms with Gasteiger partial charge in [0.15, 0.2) is 0 Å². The summed E-state index contributed by atoms with van der Waals surface area (Å²) in [6.45, 7) is 7.99. The average molecular weight is 238 g/mol. The fourth-order valence-corrected chi connectivity index (χ4v) is 1.55. The number of rotatable bonds is 7. The molecule has 0 bridgehead atoms. The fourth-order valence-electron chi connectivity index (χ4n) is 1.55. The van der Waals surface area contributed by atoms with Crippen molar-refractivity contribution in [3.05, 3.63) is 24.0 Å². The van der Waals surface area contributed by atoms with Crippen LogP contribution < -0.4 is 5.32 Å². The molecule has 0 aliphatic rings. The van der Waals surface area contributed by atoms with E-state index in [0.717, 1.165) is 19.5 Å². The van der Waals surface area contributed by atoms with Crippen LogP contribution in [0.4, 0.5) is 0 Å². The third-order valence-electron chi connectivity index (χ3n) is 2.25. The summed E-state index contributed by atoms with van der Waals surface area (Å²) in [5, 5.41) is 3.32. The molecule has 0 saturated carbocycles. The molecule has 0 unspecified atom stereocenters. The van der Waals surface area contributed by atoms with Crippen molar-refractivity contribution in [3.8, 4) is 0 Å². The van der Waals surface area contributed by atoms with Crippen molar-refractivity contribution in [2.75, 3.05) is 6.54 Å². The molecule has 0 aromatic carbocycles. The van der Waals surface area contributed by atoms with Crippen molar-refractivity contribution in [1.82, 2.24) is 9.88 Å². The van der Waals surface area contributed by atoms with Gasteiger partial charge in [0.1, 0.15) is 6.54 Å². The van der Waals surface area contributed by atoms with Gasteiger partial charge in [-0.2, -0.15) is 0 Å². The van der Waals surface area contributed by atoms with Crippen molar-refractivity contribution in [3.63, 3.8) is 0 Å². The second kappa shape index (κ2) is 7.12. The van der Waals surface area contributed by atoms with E-state index < -0.39 is 0 Å². The summed E-state index contributed by atoms with van der Waals surface area (Å²) in [5.74, 6) is -0.191. The molecule has 96 valence electrons. The number of nitrogens with zero attached hydrogens (tertiary/aromatic N) is 1. The van der Waals surface area contributed by atoms with E-state index in [4.69, 9.17) is 4.74 Å². The summed E-state index contributed by atoms with van der Waals surface area (Å²) in [4.78, 5) is 11.4. The summed E-state index contributed by atoms with van der Waals surface area (Å²) >= 11 is 0. The second-order valence-electron chi connectivity index (χ2n) is 4.41. The Bertz CT molecular complexity index is 345. The van der Waals surface area contributed by atoms with E-state index in [1.54, 1.807) is 0 Å². The summed E-state index contributed by atoms with van der Waals surface area (Å²) in [5.41, 5.74) is 1.19. The van der Waals surface area contributed by atoms with E-state index in [9.17, 15) is 4.79 Å². The first kappa shape index (κ1) is 13.8. The molecule has 0 aliphatic heterocycles. The highest BCUT2D eigenvalue weighted by Crippen LogP contribution is 2.02. The van der Waals surface area contributed by atoms with Gasteiger partial charge >= 0.3 is 5.97 Å². The van der Waals surface area contributed by atoms with Crippen molar-refractivity contribution in [2.45, 2.75) is 46.4 Å². The lowest BCUT2D eigenvalue weighted by Crippen LogP contribution is -2.17. The van der Waals surface area contributed by atoms with Crippen LogP contribution in [0.5, 0.6) is 0 Å². The maximum absolute atomic E-state index is 11.4. The van der Waals surface area contributed by atoms with Crippen molar-refractivity contribution in [1.29, 1.82) is 0 Å². The summed E-state index contributed by atoms with van der Waals surface area (Å²) in [7, 11) is 0. The first-order chi connectivity index (χ1) is 8.11. The molecular formula is C13H22N2O2. The molecule has 0 amide bonds. The van der Waals surface area contributed by atoms with Gasteiger partial charge in [-0.25, -0.2) is 0 Å². The molecule has 0 atom stereocenters. The monoisotopic (exact) mass is 238 g/mol. The summed E-state index contributed by atoms with van der Waals surface area (Å²) in [6, 6.07) is 2.02. The van der Waals surface area contributed by atoms with Gasteiger partial charge in [0, 0.05) is 18.9 Å². The quantitative estimate of drug-likeness (QED) is 0.583. The number of hydrogen-bond acceptors (Lipinski definition) is 3. The fraction of sp³-hybridized carbons (Fsp3) is 0.615. The number of nitrogens with one attached hydrogen (secondary N) is 1. The number of aromatic nitrogens is 1.